The van der Waals surface area contributed by atoms with Crippen LogP contribution in [0.2, 0.25) is 0 Å². The number of nitrogens with one attached hydrogen (secondary N) is 2. The summed E-state index contributed by atoms with van der Waals surface area (Å²) in [6, 6.07) is 6.34. The Balaban J connectivity index is 1.53. The number of amides is 1. The van der Waals surface area contributed by atoms with Crippen molar-refractivity contribution in [1.29, 1.82) is 0 Å². The molecule has 1 amide bonds. The lowest BCUT2D eigenvalue weighted by Crippen LogP contribution is -2.69. The van der Waals surface area contributed by atoms with Crippen molar-refractivity contribution in [2.24, 2.45) is 22.9 Å². The van der Waals surface area contributed by atoms with Gasteiger partial charge >= 0.3 is 0 Å². The van der Waals surface area contributed by atoms with E-state index in [1.807, 2.05) is 30.3 Å². The molecule has 0 spiro atoms. The third kappa shape index (κ3) is 9.18. The molecule has 2 saturated heterocycles. The Hall–Kier alpha value is -1.87. The van der Waals surface area contributed by atoms with E-state index >= 15 is 0 Å². The van der Waals surface area contributed by atoms with Gasteiger partial charge < -0.3 is 78.0 Å². The van der Waals surface area contributed by atoms with Gasteiger partial charge in [0.2, 0.25) is 5.91 Å². The van der Waals surface area contributed by atoms with Crippen molar-refractivity contribution >= 4 is 5.91 Å². The van der Waals surface area contributed by atoms with E-state index in [9.17, 15) is 30.3 Å². The van der Waals surface area contributed by atoms with Crippen LogP contribution in [0, 0.1) is 0 Å². The number of benzene rings is 1. The lowest BCUT2D eigenvalue weighted by atomic mass is 9.83. The van der Waals surface area contributed by atoms with Gasteiger partial charge in [0.05, 0.1) is 30.8 Å². The molecule has 3 aliphatic rings. The first-order chi connectivity index (χ1) is 22.1. The minimum atomic E-state index is -1.51. The molecule has 262 valence electrons. The number of carbonyl (C=O) groups is 1. The summed E-state index contributed by atoms with van der Waals surface area (Å²) in [7, 11) is 0. The van der Waals surface area contributed by atoms with Crippen LogP contribution in [0.1, 0.15) is 31.2 Å². The molecule has 0 aromatic heterocycles. The molecule has 16 nitrogen and oxygen atoms in total. The maximum atomic E-state index is 12.8. The predicted octanol–water partition coefficient (Wildman–Crippen LogP) is -4.53. The quantitative estimate of drug-likeness (QED) is 0.0899. The lowest BCUT2D eigenvalue weighted by Gasteiger charge is -2.49. The minimum absolute atomic E-state index is 0.000483. The van der Waals surface area contributed by atoms with E-state index in [2.05, 4.69) is 10.6 Å². The van der Waals surface area contributed by atoms with Gasteiger partial charge in [-0.2, -0.15) is 0 Å². The summed E-state index contributed by atoms with van der Waals surface area (Å²) >= 11 is 0. The normalized spacial score (nSPS) is 39.1. The van der Waals surface area contributed by atoms with Crippen LogP contribution >= 0.6 is 0 Å². The smallest absolute Gasteiger partial charge is 0.249 e. The van der Waals surface area contributed by atoms with E-state index < -0.39 is 92.0 Å². The molecule has 0 radical (unpaired) electrons. The van der Waals surface area contributed by atoms with E-state index in [1.54, 1.807) is 0 Å². The number of hydrogen-bond donors (Lipinski definition) is 11. The van der Waals surface area contributed by atoms with Gasteiger partial charge in [-0.1, -0.05) is 30.3 Å². The van der Waals surface area contributed by atoms with Gasteiger partial charge in [-0.15, -0.1) is 0 Å². The van der Waals surface area contributed by atoms with Crippen LogP contribution in [-0.2, 0) is 30.2 Å². The van der Waals surface area contributed by atoms with Gasteiger partial charge in [0.15, 0.2) is 12.6 Å². The summed E-state index contributed by atoms with van der Waals surface area (Å²) in [5, 5.41) is 59.9. The minimum Gasteiger partial charge on any atom is -0.394 e. The molecule has 1 aliphatic carbocycles. The maximum absolute atomic E-state index is 12.8. The number of carbonyl (C=O) groups excluding carboxylic acids is 1. The standard InChI is InChI=1S/C30H52N6O10/c31-10-8-20(38)28(42)36-19-12-18(34)26(45-29-17(33)7-6-16(13-32)43-29)25(41)27(19)46-30-24(40)22(23(39)21(14-37)44-30)35-11-9-15-4-2-1-3-5-15/h1-5,16-27,29-30,35,37-41H,6-14,31-34H2,(H,36,42)/t16-,17?,18-,19+,20-,21?,22-,23-,24?,25?,26?,27+,29-,30-/m0/s1. The molecule has 14 atom stereocenters. The zero-order chi connectivity index (χ0) is 33.4. The van der Waals surface area contributed by atoms with Crippen LogP contribution in [-0.4, -0.2) is 143 Å². The Bertz CT molecular complexity index is 1060. The highest BCUT2D eigenvalue weighted by Crippen LogP contribution is 2.32. The van der Waals surface area contributed by atoms with Crippen molar-refractivity contribution in [2.75, 3.05) is 26.2 Å². The first kappa shape index (κ1) is 37.0. The predicted molar refractivity (Wildman–Crippen MR) is 165 cm³/mol. The molecular weight excluding hydrogens is 604 g/mol. The van der Waals surface area contributed by atoms with Crippen molar-refractivity contribution in [1.82, 2.24) is 10.6 Å². The van der Waals surface area contributed by atoms with E-state index in [0.717, 1.165) is 5.56 Å². The van der Waals surface area contributed by atoms with Crippen molar-refractivity contribution < 1.29 is 49.3 Å². The molecule has 1 saturated carbocycles. The fraction of sp³-hybridized carbons (Fsp3) is 0.767. The molecular formula is C30H52N6O10. The molecule has 15 N–H and O–H groups in total. The Kier molecular flexibility index (Phi) is 14.1. The Morgan fingerprint density at radius 1 is 0.957 bits per heavy atom. The van der Waals surface area contributed by atoms with Gasteiger partial charge in [0.25, 0.3) is 0 Å². The second-order valence-corrected chi connectivity index (χ2v) is 12.3. The Morgan fingerprint density at radius 2 is 1.67 bits per heavy atom. The highest BCUT2D eigenvalue weighted by molar-refractivity contribution is 5.80. The molecule has 0 bridgehead atoms. The first-order valence-electron chi connectivity index (χ1n) is 16.0. The number of rotatable bonds is 14. The molecule has 1 aromatic rings. The average molecular weight is 657 g/mol. The van der Waals surface area contributed by atoms with E-state index in [0.29, 0.717) is 25.8 Å². The van der Waals surface area contributed by atoms with Crippen molar-refractivity contribution in [3.8, 4) is 0 Å². The summed E-state index contributed by atoms with van der Waals surface area (Å²) in [5.41, 5.74) is 25.0. The zero-order valence-electron chi connectivity index (χ0n) is 25.9. The Labute approximate surface area is 268 Å². The summed E-state index contributed by atoms with van der Waals surface area (Å²) in [6.45, 7) is 0.118. The molecule has 5 unspecified atom stereocenters. The number of aliphatic hydroxyl groups excluding tert-OH is 5. The molecule has 4 rings (SSSR count). The van der Waals surface area contributed by atoms with Crippen molar-refractivity contribution in [2.45, 2.75) is 118 Å². The summed E-state index contributed by atoms with van der Waals surface area (Å²) in [5.74, 6) is -0.750. The maximum Gasteiger partial charge on any atom is 0.249 e. The molecule has 3 fully saturated rings. The fourth-order valence-electron chi connectivity index (χ4n) is 6.26. The third-order valence-corrected chi connectivity index (χ3v) is 8.95. The lowest BCUT2D eigenvalue weighted by molar-refractivity contribution is -0.316. The van der Waals surface area contributed by atoms with Gasteiger partial charge in [0.1, 0.15) is 42.7 Å². The van der Waals surface area contributed by atoms with Gasteiger partial charge in [-0.25, -0.2) is 0 Å². The van der Waals surface area contributed by atoms with Crippen LogP contribution in [0.5, 0.6) is 0 Å². The summed E-state index contributed by atoms with van der Waals surface area (Å²) in [4.78, 5) is 12.8. The van der Waals surface area contributed by atoms with Gasteiger partial charge in [-0.3, -0.25) is 4.79 Å². The number of nitrogens with two attached hydrogens (primary N) is 4. The fourth-order valence-corrected chi connectivity index (χ4v) is 6.26. The van der Waals surface area contributed by atoms with Crippen LogP contribution < -0.4 is 33.6 Å². The average Bonchev–Trinajstić information content (AvgIpc) is 3.05. The van der Waals surface area contributed by atoms with E-state index in [4.69, 9.17) is 41.9 Å². The van der Waals surface area contributed by atoms with Crippen molar-refractivity contribution in [3.05, 3.63) is 35.9 Å². The van der Waals surface area contributed by atoms with Crippen LogP contribution in [0.25, 0.3) is 0 Å². The second kappa shape index (κ2) is 17.5. The highest BCUT2D eigenvalue weighted by Gasteiger charge is 2.51. The molecule has 2 aliphatic heterocycles. The van der Waals surface area contributed by atoms with Crippen LogP contribution in [0.15, 0.2) is 30.3 Å². The third-order valence-electron chi connectivity index (χ3n) is 8.95. The van der Waals surface area contributed by atoms with Gasteiger partial charge in [-0.05, 0) is 50.8 Å². The molecule has 2 heterocycles. The second-order valence-electron chi connectivity index (χ2n) is 12.3. The largest absolute Gasteiger partial charge is 0.394 e. The number of hydrogen-bond acceptors (Lipinski definition) is 15. The van der Waals surface area contributed by atoms with Crippen molar-refractivity contribution in [3.63, 3.8) is 0 Å². The van der Waals surface area contributed by atoms with E-state index in [1.165, 1.54) is 0 Å². The SMILES string of the molecule is NCC[C@H](O)C(=O)N[C@@H]1C[C@H](N)C(O[C@@H]2O[C@H](CN)CCC2N)C(O)[C@@H]1O[C@@H]1OC(CO)[C@H](O)[C@H](NCCc2ccccc2)C1O. The van der Waals surface area contributed by atoms with E-state index in [-0.39, 0.29) is 32.0 Å². The van der Waals surface area contributed by atoms with Gasteiger partial charge in [0, 0.05) is 12.6 Å². The number of aliphatic hydroxyl groups is 5. The summed E-state index contributed by atoms with van der Waals surface area (Å²) in [6.07, 6.45) is -10.0. The zero-order valence-corrected chi connectivity index (χ0v) is 25.9. The van der Waals surface area contributed by atoms with Crippen LogP contribution in [0.4, 0.5) is 0 Å². The first-order valence-corrected chi connectivity index (χ1v) is 16.0. The molecule has 1 aromatic carbocycles. The Morgan fingerprint density at radius 3 is 2.35 bits per heavy atom. The monoisotopic (exact) mass is 656 g/mol. The van der Waals surface area contributed by atoms with Crippen LogP contribution in [0.3, 0.4) is 0 Å². The highest BCUT2D eigenvalue weighted by atomic mass is 16.7. The number of ether oxygens (including phenoxy) is 4. The summed E-state index contributed by atoms with van der Waals surface area (Å²) < 4.78 is 24.0. The topological polar surface area (TPSA) is 283 Å². The molecule has 16 heteroatoms. The molecule has 46 heavy (non-hydrogen) atoms.